The Morgan fingerprint density at radius 2 is 1.76 bits per heavy atom. The van der Waals surface area contributed by atoms with E-state index in [4.69, 9.17) is 0 Å². The second kappa shape index (κ2) is 8.91. The predicted molar refractivity (Wildman–Crippen MR) is 109 cm³/mol. The van der Waals surface area contributed by atoms with E-state index in [1.165, 1.54) is 28.6 Å². The van der Waals surface area contributed by atoms with Crippen molar-refractivity contribution in [3.63, 3.8) is 0 Å². The molecule has 0 radical (unpaired) electrons. The lowest BCUT2D eigenvalue weighted by Crippen LogP contribution is -3.05. The molecule has 2 aromatic rings. The van der Waals surface area contributed by atoms with Crippen molar-refractivity contribution in [2.24, 2.45) is 0 Å². The highest BCUT2D eigenvalue weighted by atomic mass is 32.2. The van der Waals surface area contributed by atoms with Crippen LogP contribution >= 0.6 is 0 Å². The fraction of sp³-hybridized carbons (Fsp3) is 0.350. The van der Waals surface area contributed by atoms with Crippen LogP contribution in [0.5, 0.6) is 0 Å². The number of nitrogens with zero attached hydrogens (tertiary/aromatic N) is 1. The highest BCUT2D eigenvalue weighted by Gasteiger charge is 2.27. The molecule has 1 atom stereocenters. The molecule has 1 aliphatic heterocycles. The number of aryl methyl sites for hydroxylation is 1. The first-order chi connectivity index (χ1) is 13.8. The van der Waals surface area contributed by atoms with Crippen molar-refractivity contribution in [2.45, 2.75) is 37.5 Å². The van der Waals surface area contributed by atoms with Gasteiger partial charge in [0.15, 0.2) is 5.69 Å². The third-order valence-electron chi connectivity index (χ3n) is 5.04. The van der Waals surface area contributed by atoms with Crippen LogP contribution in [0.15, 0.2) is 47.4 Å². The van der Waals surface area contributed by atoms with E-state index in [1.54, 1.807) is 25.1 Å². The quantitative estimate of drug-likeness (QED) is 0.619. The van der Waals surface area contributed by atoms with Gasteiger partial charge in [0.1, 0.15) is 5.69 Å². The summed E-state index contributed by atoms with van der Waals surface area (Å²) < 4.78 is 27.8. The molecule has 156 valence electrons. The lowest BCUT2D eigenvalue weighted by atomic mass is 10.2. The molecule has 1 unspecified atom stereocenters. The second-order valence-corrected chi connectivity index (χ2v) is 9.01. The summed E-state index contributed by atoms with van der Waals surface area (Å²) >= 11 is 0. The zero-order chi connectivity index (χ0) is 21.0. The number of quaternary nitrogens is 1. The Kier molecular flexibility index (Phi) is 6.53. The molecule has 8 nitrogen and oxygen atoms in total. The van der Waals surface area contributed by atoms with Crippen molar-refractivity contribution in [1.82, 2.24) is 4.31 Å². The Labute approximate surface area is 170 Å². The van der Waals surface area contributed by atoms with Gasteiger partial charge in [0.05, 0.1) is 10.5 Å². The van der Waals surface area contributed by atoms with Crippen molar-refractivity contribution in [3.05, 3.63) is 58.8 Å². The number of hydrogen-bond acceptors (Lipinski definition) is 5. The van der Waals surface area contributed by atoms with Crippen LogP contribution in [0, 0.1) is 12.1 Å². The fourth-order valence-corrected chi connectivity index (χ4v) is 5.18. The van der Waals surface area contributed by atoms with E-state index in [1.807, 2.05) is 0 Å². The second-order valence-electron chi connectivity index (χ2n) is 7.10. The van der Waals surface area contributed by atoms with E-state index in [0.717, 1.165) is 25.7 Å². The number of carboxylic acid groups (broad SMARTS) is 1. The Bertz CT molecular complexity index is 985. The van der Waals surface area contributed by atoms with Gasteiger partial charge in [-0.25, -0.2) is 23.8 Å². The van der Waals surface area contributed by atoms with Crippen LogP contribution in [0.4, 0.5) is 11.4 Å². The Balaban J connectivity index is 1.89. The smallest absolute Gasteiger partial charge is 0.338 e. The molecule has 3 rings (SSSR count). The van der Waals surface area contributed by atoms with Gasteiger partial charge in [0.2, 0.25) is 10.0 Å². The number of carbonyl (C=O) groups is 1. The lowest BCUT2D eigenvalue weighted by Gasteiger charge is -2.25. The summed E-state index contributed by atoms with van der Waals surface area (Å²) in [5.41, 5.74) is 3.41. The number of para-hydroxylation sites is 1. The van der Waals surface area contributed by atoms with Gasteiger partial charge in [0.25, 0.3) is 0 Å². The molecule has 1 heterocycles. The minimum Gasteiger partial charge on any atom is -0.603 e. The Morgan fingerprint density at radius 3 is 2.41 bits per heavy atom. The van der Waals surface area contributed by atoms with E-state index in [-0.39, 0.29) is 21.8 Å². The monoisotopic (exact) mass is 419 g/mol. The van der Waals surface area contributed by atoms with E-state index in [9.17, 15) is 23.5 Å². The van der Waals surface area contributed by atoms with Gasteiger partial charge in [-0.15, -0.1) is 0 Å². The van der Waals surface area contributed by atoms with E-state index < -0.39 is 21.2 Å². The predicted octanol–water partition coefficient (Wildman–Crippen LogP) is 2.30. The molecule has 9 heteroatoms. The highest BCUT2D eigenvalue weighted by molar-refractivity contribution is 7.89. The van der Waals surface area contributed by atoms with Gasteiger partial charge < -0.3 is 10.3 Å². The first-order valence-corrected chi connectivity index (χ1v) is 11.0. The standard InChI is InChI=1S/C20H25N3O5S/c1-15-10-11-16(23(26)21-18-9-5-4-8-17(18)20(24)25)14-19(15)29(27,28)22-12-6-2-3-7-13-22/h4-5,8-11,14,21,23H,2-3,6-7,12-13H2,1H3,(H,24,25). The van der Waals surface area contributed by atoms with Crippen LogP contribution in [-0.2, 0) is 10.0 Å². The summed E-state index contributed by atoms with van der Waals surface area (Å²) in [5, 5.41) is 21.4. The summed E-state index contributed by atoms with van der Waals surface area (Å²) in [6, 6.07) is 10.6. The highest BCUT2D eigenvalue weighted by Crippen LogP contribution is 2.25. The molecule has 3 N–H and O–H groups in total. The molecule has 1 aliphatic rings. The minimum absolute atomic E-state index is 0.0367. The zero-order valence-corrected chi connectivity index (χ0v) is 17.0. The number of nitrogens with one attached hydrogen (secondary N) is 2. The number of rotatable bonds is 6. The summed E-state index contributed by atoms with van der Waals surface area (Å²) in [6.45, 7) is 2.65. The number of carboxylic acids is 1. The minimum atomic E-state index is -3.71. The Hall–Kier alpha value is -2.46. The summed E-state index contributed by atoms with van der Waals surface area (Å²) in [4.78, 5) is 11.4. The van der Waals surface area contributed by atoms with Crippen molar-refractivity contribution < 1.29 is 23.5 Å². The molecule has 1 saturated heterocycles. The lowest BCUT2D eigenvalue weighted by molar-refractivity contribution is -0.750. The topological polar surface area (TPSA) is 114 Å². The maximum atomic E-state index is 13.2. The molecule has 0 aliphatic carbocycles. The number of benzene rings is 2. The maximum absolute atomic E-state index is 13.2. The van der Waals surface area contributed by atoms with Crippen molar-refractivity contribution in [3.8, 4) is 0 Å². The maximum Gasteiger partial charge on any atom is 0.338 e. The van der Waals surface area contributed by atoms with E-state index >= 15 is 0 Å². The molecule has 0 bridgehead atoms. The van der Waals surface area contributed by atoms with Crippen LogP contribution in [-0.4, -0.2) is 36.9 Å². The molecule has 29 heavy (non-hydrogen) atoms. The van der Waals surface area contributed by atoms with Crippen molar-refractivity contribution in [1.29, 1.82) is 0 Å². The number of hydrogen-bond donors (Lipinski definition) is 3. The normalized spacial score (nSPS) is 16.8. The van der Waals surface area contributed by atoms with Gasteiger partial charge in [0, 0.05) is 25.2 Å². The van der Waals surface area contributed by atoms with Gasteiger partial charge in [-0.3, -0.25) is 0 Å². The van der Waals surface area contributed by atoms with Crippen LogP contribution in [0.3, 0.4) is 0 Å². The molecular formula is C20H25N3O5S. The third kappa shape index (κ3) is 4.76. The van der Waals surface area contributed by atoms with Crippen LogP contribution in [0.2, 0.25) is 0 Å². The molecule has 0 aromatic heterocycles. The molecular weight excluding hydrogens is 394 g/mol. The van der Waals surface area contributed by atoms with Gasteiger partial charge in [-0.2, -0.15) is 4.31 Å². The summed E-state index contributed by atoms with van der Waals surface area (Å²) in [5.74, 6) is -1.16. The average molecular weight is 420 g/mol. The number of anilines is 1. The Morgan fingerprint density at radius 1 is 1.10 bits per heavy atom. The van der Waals surface area contributed by atoms with E-state index in [0.29, 0.717) is 18.7 Å². The SMILES string of the molecule is Cc1ccc([NH+]([O-])Nc2ccccc2C(=O)O)cc1S(=O)(=O)N1CCCCCC1. The number of sulfonamides is 1. The molecule has 2 aromatic carbocycles. The molecule has 1 fully saturated rings. The first kappa shape index (κ1) is 21.3. The molecule has 0 amide bonds. The van der Waals surface area contributed by atoms with Crippen molar-refractivity contribution >= 4 is 27.4 Å². The molecule has 0 spiro atoms. The fourth-order valence-electron chi connectivity index (χ4n) is 3.41. The summed E-state index contributed by atoms with van der Waals surface area (Å²) in [7, 11) is -3.71. The van der Waals surface area contributed by atoms with Crippen LogP contribution < -0.4 is 10.6 Å². The first-order valence-electron chi connectivity index (χ1n) is 9.55. The third-order valence-corrected chi connectivity index (χ3v) is 7.08. The van der Waals surface area contributed by atoms with Gasteiger partial charge in [-0.05, 0) is 37.5 Å². The zero-order valence-electron chi connectivity index (χ0n) is 16.2. The number of aromatic carboxylic acids is 1. The summed E-state index contributed by atoms with van der Waals surface area (Å²) in [6.07, 6.45) is 3.67. The average Bonchev–Trinajstić information content (AvgIpc) is 2.98. The van der Waals surface area contributed by atoms with Crippen LogP contribution in [0.25, 0.3) is 0 Å². The molecule has 0 saturated carbocycles. The largest absolute Gasteiger partial charge is 0.603 e. The van der Waals surface area contributed by atoms with Crippen LogP contribution in [0.1, 0.15) is 41.6 Å². The van der Waals surface area contributed by atoms with E-state index in [2.05, 4.69) is 5.43 Å². The van der Waals surface area contributed by atoms with Gasteiger partial charge >= 0.3 is 5.97 Å². The van der Waals surface area contributed by atoms with Crippen molar-refractivity contribution in [2.75, 3.05) is 18.5 Å². The van der Waals surface area contributed by atoms with Gasteiger partial charge in [-0.1, -0.05) is 31.0 Å².